The second-order valence-corrected chi connectivity index (χ2v) is 6.16. The molecule has 6 heteroatoms. The average Bonchev–Trinajstić information content (AvgIpc) is 2.85. The summed E-state index contributed by atoms with van der Waals surface area (Å²) in [6, 6.07) is 14.7. The molecule has 0 aliphatic heterocycles. The van der Waals surface area contributed by atoms with Crippen molar-refractivity contribution in [1.82, 2.24) is 9.47 Å². The van der Waals surface area contributed by atoms with Crippen LogP contribution in [0.2, 0.25) is 0 Å². The van der Waals surface area contributed by atoms with Gasteiger partial charge in [0, 0.05) is 10.9 Å². The first-order valence-corrected chi connectivity index (χ1v) is 7.95. The number of rotatable bonds is 4. The van der Waals surface area contributed by atoms with Crippen LogP contribution < -0.4 is 0 Å². The van der Waals surface area contributed by atoms with Gasteiger partial charge in [0.15, 0.2) is 5.69 Å². The lowest BCUT2D eigenvalue weighted by molar-refractivity contribution is 0.0994. The summed E-state index contributed by atoms with van der Waals surface area (Å²) in [6.07, 6.45) is 0. The minimum absolute atomic E-state index is 0.00349. The number of benzene rings is 2. The van der Waals surface area contributed by atoms with Crippen LogP contribution in [-0.4, -0.2) is 34.6 Å². The van der Waals surface area contributed by atoms with E-state index in [1.807, 2.05) is 62.3 Å². The maximum Gasteiger partial charge on any atom is 0.295 e. The molecule has 3 aromatic rings. The topological polar surface area (TPSA) is 70.2 Å². The molecule has 0 fully saturated rings. The molecule has 2 aromatic carbocycles. The Hall–Kier alpha value is -2.99. The Kier molecular flexibility index (Phi) is 4.63. The van der Waals surface area contributed by atoms with E-state index in [1.165, 1.54) is 0 Å². The molecule has 0 spiro atoms. The number of carbonyl (C=O) groups excluding carboxylic acids is 1. The Morgan fingerprint density at radius 2 is 1.80 bits per heavy atom. The summed E-state index contributed by atoms with van der Waals surface area (Å²) in [6.45, 7) is 2.34. The molecule has 3 rings (SSSR count). The van der Waals surface area contributed by atoms with E-state index >= 15 is 0 Å². The highest BCUT2D eigenvalue weighted by Crippen LogP contribution is 2.38. The second-order valence-electron chi connectivity index (χ2n) is 6.16. The highest BCUT2D eigenvalue weighted by molar-refractivity contribution is 5.98. The van der Waals surface area contributed by atoms with E-state index in [0.29, 0.717) is 17.9 Å². The number of hydrogen-bond acceptors (Lipinski definition) is 4. The van der Waals surface area contributed by atoms with E-state index in [2.05, 4.69) is 10.2 Å². The summed E-state index contributed by atoms with van der Waals surface area (Å²) in [7, 11) is 3.83. The number of nitrogens with zero attached hydrogens (tertiary/aromatic N) is 4. The molecule has 0 saturated heterocycles. The van der Waals surface area contributed by atoms with Crippen molar-refractivity contribution in [3.63, 3.8) is 0 Å². The zero-order valence-corrected chi connectivity index (χ0v) is 14.5. The molecule has 0 saturated carbocycles. The van der Waals surface area contributed by atoms with Crippen LogP contribution >= 0.6 is 0 Å². The number of aromatic nitrogens is 1. The number of azo groups is 1. The monoisotopic (exact) mass is 336 g/mol. The second kappa shape index (κ2) is 6.86. The first-order chi connectivity index (χ1) is 12.0. The van der Waals surface area contributed by atoms with Crippen LogP contribution in [0.1, 0.15) is 15.9 Å². The van der Waals surface area contributed by atoms with Crippen molar-refractivity contribution < 1.29 is 9.90 Å². The number of hydrogen-bond donors (Lipinski definition) is 1. The van der Waals surface area contributed by atoms with Crippen LogP contribution in [0.15, 0.2) is 58.8 Å². The maximum atomic E-state index is 12.3. The van der Waals surface area contributed by atoms with Gasteiger partial charge >= 0.3 is 0 Å². The lowest BCUT2D eigenvalue weighted by Crippen LogP contribution is -2.16. The summed E-state index contributed by atoms with van der Waals surface area (Å²) >= 11 is 0. The van der Waals surface area contributed by atoms with Gasteiger partial charge in [-0.1, -0.05) is 36.4 Å². The summed E-state index contributed by atoms with van der Waals surface area (Å²) in [4.78, 5) is 14.2. The lowest BCUT2D eigenvalue weighted by atomic mass is 10.1. The Bertz CT molecular complexity index is 957. The normalized spacial score (nSPS) is 11.7. The van der Waals surface area contributed by atoms with Crippen molar-refractivity contribution in [3.8, 4) is 5.88 Å². The summed E-state index contributed by atoms with van der Waals surface area (Å²) in [5.74, 6) is -0.432. The van der Waals surface area contributed by atoms with Crippen molar-refractivity contribution in [1.29, 1.82) is 0 Å². The zero-order valence-electron chi connectivity index (χ0n) is 14.5. The van der Waals surface area contributed by atoms with Crippen molar-refractivity contribution in [3.05, 3.63) is 59.7 Å². The molecule has 6 nitrogen and oxygen atoms in total. The molecule has 1 aromatic heterocycles. The van der Waals surface area contributed by atoms with Gasteiger partial charge in [0.2, 0.25) is 5.88 Å². The van der Waals surface area contributed by atoms with Crippen molar-refractivity contribution >= 4 is 22.5 Å². The number of aryl methyl sites for hydroxylation is 1. The predicted octanol–water partition coefficient (Wildman–Crippen LogP) is 4.10. The van der Waals surface area contributed by atoms with Crippen LogP contribution in [0.5, 0.6) is 5.88 Å². The van der Waals surface area contributed by atoms with Gasteiger partial charge < -0.3 is 5.11 Å². The minimum atomic E-state index is -0.429. The average molecular weight is 336 g/mol. The Morgan fingerprint density at radius 3 is 2.52 bits per heavy atom. The lowest BCUT2D eigenvalue weighted by Gasteiger charge is -2.12. The SMILES string of the molecule is Cc1ccccc1C(=O)N=Nc1c(O)n(CN(C)C)c2ccccc12. The van der Waals surface area contributed by atoms with Crippen LogP contribution in [0.4, 0.5) is 5.69 Å². The van der Waals surface area contributed by atoms with Crippen LogP contribution in [-0.2, 0) is 6.67 Å². The Morgan fingerprint density at radius 1 is 1.12 bits per heavy atom. The van der Waals surface area contributed by atoms with Crippen LogP contribution in [0, 0.1) is 6.92 Å². The fraction of sp³-hybridized carbons (Fsp3) is 0.211. The quantitative estimate of drug-likeness (QED) is 0.729. The summed E-state index contributed by atoms with van der Waals surface area (Å²) in [5, 5.41) is 19.2. The number of carbonyl (C=O) groups is 1. The fourth-order valence-corrected chi connectivity index (χ4v) is 2.76. The van der Waals surface area contributed by atoms with Crippen molar-refractivity contribution in [2.75, 3.05) is 14.1 Å². The first-order valence-electron chi connectivity index (χ1n) is 7.95. The third-order valence-corrected chi connectivity index (χ3v) is 3.96. The molecule has 0 radical (unpaired) electrons. The van der Waals surface area contributed by atoms with Crippen molar-refractivity contribution in [2.45, 2.75) is 13.6 Å². The van der Waals surface area contributed by atoms with Crippen molar-refractivity contribution in [2.24, 2.45) is 10.2 Å². The first kappa shape index (κ1) is 16.9. The third-order valence-electron chi connectivity index (χ3n) is 3.96. The molecule has 0 aliphatic carbocycles. The summed E-state index contributed by atoms with van der Waals surface area (Å²) in [5.41, 5.74) is 2.49. The van der Waals surface area contributed by atoms with Gasteiger partial charge in [0.25, 0.3) is 5.91 Å². The fourth-order valence-electron chi connectivity index (χ4n) is 2.76. The smallest absolute Gasteiger partial charge is 0.295 e. The van der Waals surface area contributed by atoms with Crippen LogP contribution in [0.3, 0.4) is 0 Å². The Balaban J connectivity index is 2.03. The Labute approximate surface area is 146 Å². The zero-order chi connectivity index (χ0) is 18.0. The molecule has 1 amide bonds. The molecular weight excluding hydrogens is 316 g/mol. The van der Waals surface area contributed by atoms with Crippen LogP contribution in [0.25, 0.3) is 10.9 Å². The molecule has 1 N–H and O–H groups in total. The number of fused-ring (bicyclic) bond motifs is 1. The van der Waals surface area contributed by atoms with E-state index in [0.717, 1.165) is 16.5 Å². The van der Waals surface area contributed by atoms with Gasteiger partial charge in [-0.15, -0.1) is 10.2 Å². The van der Waals surface area contributed by atoms with E-state index in [-0.39, 0.29) is 5.88 Å². The molecule has 0 aliphatic rings. The van der Waals surface area contributed by atoms with Gasteiger partial charge in [-0.05, 0) is 38.7 Å². The predicted molar refractivity (Wildman–Crippen MR) is 97.3 cm³/mol. The van der Waals surface area contributed by atoms with Gasteiger partial charge in [-0.3, -0.25) is 14.3 Å². The number of aromatic hydroxyl groups is 1. The molecule has 128 valence electrons. The van der Waals surface area contributed by atoms with E-state index in [4.69, 9.17) is 0 Å². The summed E-state index contributed by atoms with van der Waals surface area (Å²) < 4.78 is 1.74. The minimum Gasteiger partial charge on any atom is -0.493 e. The van der Waals surface area contributed by atoms with Gasteiger partial charge in [0.05, 0.1) is 12.2 Å². The van der Waals surface area contributed by atoms with E-state index < -0.39 is 5.91 Å². The molecule has 0 atom stereocenters. The molecular formula is C19H20N4O2. The van der Waals surface area contributed by atoms with Gasteiger partial charge in [-0.25, -0.2) is 0 Å². The molecule has 0 unspecified atom stereocenters. The number of para-hydroxylation sites is 1. The molecule has 1 heterocycles. The third kappa shape index (κ3) is 3.29. The number of amides is 1. The highest BCUT2D eigenvalue weighted by atomic mass is 16.3. The van der Waals surface area contributed by atoms with Gasteiger partial charge in [-0.2, -0.15) is 0 Å². The largest absolute Gasteiger partial charge is 0.493 e. The van der Waals surface area contributed by atoms with E-state index in [9.17, 15) is 9.90 Å². The molecule has 25 heavy (non-hydrogen) atoms. The molecule has 0 bridgehead atoms. The highest BCUT2D eigenvalue weighted by Gasteiger charge is 2.17. The standard InChI is InChI=1S/C19H20N4O2/c1-13-8-4-5-9-14(13)18(24)21-20-17-15-10-6-7-11-16(15)23(19(17)25)12-22(2)3/h4-11,25H,12H2,1-3H3. The van der Waals surface area contributed by atoms with Gasteiger partial charge in [0.1, 0.15) is 0 Å². The maximum absolute atomic E-state index is 12.3. The van der Waals surface area contributed by atoms with E-state index in [1.54, 1.807) is 16.7 Å².